The summed E-state index contributed by atoms with van der Waals surface area (Å²) in [6, 6.07) is 2.24. The van der Waals surface area contributed by atoms with Gasteiger partial charge in [0.25, 0.3) is 0 Å². The Bertz CT molecular complexity index is 391. The van der Waals surface area contributed by atoms with Crippen LogP contribution in [0.25, 0.3) is 0 Å². The zero-order valence-electron chi connectivity index (χ0n) is 12.1. The highest BCUT2D eigenvalue weighted by atomic mass is 16.5. The number of nitrogens with one attached hydrogen (secondary N) is 1. The number of hydrogen-bond acceptors (Lipinski definition) is 4. The Balaban J connectivity index is 2.43. The van der Waals surface area contributed by atoms with E-state index in [9.17, 15) is 4.79 Å². The molecule has 0 unspecified atom stereocenters. The van der Waals surface area contributed by atoms with Crippen LogP contribution in [0, 0.1) is 0 Å². The van der Waals surface area contributed by atoms with Crippen molar-refractivity contribution < 1.29 is 9.53 Å². The van der Waals surface area contributed by atoms with E-state index in [4.69, 9.17) is 4.74 Å². The predicted octanol–water partition coefficient (Wildman–Crippen LogP) is 2.83. The summed E-state index contributed by atoms with van der Waals surface area (Å²) in [6.45, 7) is 7.76. The first-order chi connectivity index (χ1) is 9.13. The summed E-state index contributed by atoms with van der Waals surface area (Å²) in [5.74, 6) is 0.799. The molecule has 0 aromatic carbocycles. The van der Waals surface area contributed by atoms with Crippen LogP contribution in [0.3, 0.4) is 0 Å². The van der Waals surface area contributed by atoms with Gasteiger partial charge in [0, 0.05) is 24.2 Å². The molecule has 0 aliphatic heterocycles. The molecule has 1 aromatic heterocycles. The van der Waals surface area contributed by atoms with E-state index in [-0.39, 0.29) is 5.78 Å². The minimum atomic E-state index is 0.125. The summed E-state index contributed by atoms with van der Waals surface area (Å²) in [5.41, 5.74) is 0.637. The molecule has 1 aromatic rings. The Labute approximate surface area is 115 Å². The van der Waals surface area contributed by atoms with Crippen LogP contribution in [0.5, 0.6) is 5.75 Å². The van der Waals surface area contributed by atoms with Crippen molar-refractivity contribution in [3.63, 3.8) is 0 Å². The van der Waals surface area contributed by atoms with Crippen LogP contribution in [0.1, 0.15) is 50.4 Å². The molecule has 106 valence electrons. The van der Waals surface area contributed by atoms with Gasteiger partial charge in [0.2, 0.25) is 0 Å². The number of nitrogens with zero attached hydrogens (tertiary/aromatic N) is 1. The highest BCUT2D eigenvalue weighted by Gasteiger charge is 2.07. The van der Waals surface area contributed by atoms with E-state index in [1.54, 1.807) is 18.5 Å². The van der Waals surface area contributed by atoms with Crippen LogP contribution in [0.15, 0.2) is 18.5 Å². The van der Waals surface area contributed by atoms with Gasteiger partial charge in [-0.15, -0.1) is 0 Å². The predicted molar refractivity (Wildman–Crippen MR) is 76.7 cm³/mol. The highest BCUT2D eigenvalue weighted by Crippen LogP contribution is 2.13. The molecular formula is C15H24N2O2. The second-order valence-electron chi connectivity index (χ2n) is 4.89. The van der Waals surface area contributed by atoms with Crippen LogP contribution in [-0.4, -0.2) is 30.0 Å². The third kappa shape index (κ3) is 6.34. The zero-order valence-corrected chi connectivity index (χ0v) is 12.1. The number of carbonyl (C=O) groups excluding carboxylic acids is 1. The minimum absolute atomic E-state index is 0.125. The average Bonchev–Trinajstić information content (AvgIpc) is 2.41. The van der Waals surface area contributed by atoms with Crippen molar-refractivity contribution in [3.8, 4) is 5.75 Å². The number of carbonyl (C=O) groups is 1. The number of hydrogen-bond donors (Lipinski definition) is 1. The fourth-order valence-corrected chi connectivity index (χ4v) is 1.65. The summed E-state index contributed by atoms with van der Waals surface area (Å²) in [6.07, 6.45) is 5.58. The van der Waals surface area contributed by atoms with Crippen molar-refractivity contribution in [3.05, 3.63) is 24.0 Å². The topological polar surface area (TPSA) is 51.2 Å². The van der Waals surface area contributed by atoms with Gasteiger partial charge in [-0.3, -0.25) is 9.78 Å². The van der Waals surface area contributed by atoms with E-state index in [1.165, 1.54) is 0 Å². The van der Waals surface area contributed by atoms with Gasteiger partial charge in [0.05, 0.1) is 12.8 Å². The SMILES string of the molecule is CCCOc1cncc(C(=O)CCCNC(C)C)c1. The summed E-state index contributed by atoms with van der Waals surface area (Å²) < 4.78 is 5.48. The molecule has 0 atom stereocenters. The number of ketones is 1. The first kappa shape index (κ1) is 15.6. The van der Waals surface area contributed by atoms with Crippen molar-refractivity contribution in [1.82, 2.24) is 10.3 Å². The summed E-state index contributed by atoms with van der Waals surface area (Å²) in [4.78, 5) is 16.0. The van der Waals surface area contributed by atoms with E-state index in [0.717, 1.165) is 19.4 Å². The molecule has 4 nitrogen and oxygen atoms in total. The number of ether oxygens (including phenoxy) is 1. The van der Waals surface area contributed by atoms with E-state index >= 15 is 0 Å². The van der Waals surface area contributed by atoms with Crippen molar-refractivity contribution in [2.45, 2.75) is 46.1 Å². The van der Waals surface area contributed by atoms with Gasteiger partial charge in [0.15, 0.2) is 5.78 Å². The maximum atomic E-state index is 12.0. The number of Topliss-reactive ketones (excluding diaryl/α,β-unsaturated/α-hetero) is 1. The largest absolute Gasteiger partial charge is 0.492 e. The number of pyridine rings is 1. The molecule has 0 radical (unpaired) electrons. The maximum absolute atomic E-state index is 12.0. The molecule has 1 rings (SSSR count). The molecule has 0 aliphatic rings. The van der Waals surface area contributed by atoms with E-state index in [0.29, 0.717) is 30.4 Å². The molecule has 0 fully saturated rings. The van der Waals surface area contributed by atoms with Crippen LogP contribution in [-0.2, 0) is 0 Å². The van der Waals surface area contributed by atoms with Crippen LogP contribution < -0.4 is 10.1 Å². The van der Waals surface area contributed by atoms with Gasteiger partial charge in [-0.1, -0.05) is 20.8 Å². The fraction of sp³-hybridized carbons (Fsp3) is 0.600. The summed E-state index contributed by atoms with van der Waals surface area (Å²) >= 11 is 0. The van der Waals surface area contributed by atoms with Gasteiger partial charge >= 0.3 is 0 Å². The second-order valence-corrected chi connectivity index (χ2v) is 4.89. The van der Waals surface area contributed by atoms with Crippen LogP contribution >= 0.6 is 0 Å². The first-order valence-electron chi connectivity index (χ1n) is 6.98. The lowest BCUT2D eigenvalue weighted by atomic mass is 10.1. The average molecular weight is 264 g/mol. The van der Waals surface area contributed by atoms with Crippen molar-refractivity contribution in [2.75, 3.05) is 13.2 Å². The number of rotatable bonds is 9. The van der Waals surface area contributed by atoms with Crippen LogP contribution in [0.4, 0.5) is 0 Å². The molecule has 0 bridgehead atoms. The molecule has 1 heterocycles. The summed E-state index contributed by atoms with van der Waals surface area (Å²) in [7, 11) is 0. The van der Waals surface area contributed by atoms with E-state index < -0.39 is 0 Å². The van der Waals surface area contributed by atoms with Gasteiger partial charge in [-0.05, 0) is 25.5 Å². The van der Waals surface area contributed by atoms with Gasteiger partial charge in [-0.2, -0.15) is 0 Å². The van der Waals surface area contributed by atoms with Gasteiger partial charge in [-0.25, -0.2) is 0 Å². The molecule has 0 aliphatic carbocycles. The Hall–Kier alpha value is -1.42. The lowest BCUT2D eigenvalue weighted by Gasteiger charge is -2.08. The molecule has 19 heavy (non-hydrogen) atoms. The van der Waals surface area contributed by atoms with Gasteiger partial charge < -0.3 is 10.1 Å². The smallest absolute Gasteiger partial charge is 0.164 e. The Kier molecular flexibility index (Phi) is 7.11. The lowest BCUT2D eigenvalue weighted by molar-refractivity contribution is 0.0979. The summed E-state index contributed by atoms with van der Waals surface area (Å²) in [5, 5.41) is 3.30. The van der Waals surface area contributed by atoms with E-state index in [1.807, 2.05) is 6.92 Å². The lowest BCUT2D eigenvalue weighted by Crippen LogP contribution is -2.24. The number of aromatic nitrogens is 1. The zero-order chi connectivity index (χ0) is 14.1. The Morgan fingerprint density at radius 3 is 2.89 bits per heavy atom. The van der Waals surface area contributed by atoms with Crippen LogP contribution in [0.2, 0.25) is 0 Å². The van der Waals surface area contributed by atoms with Crippen molar-refractivity contribution >= 4 is 5.78 Å². The highest BCUT2D eigenvalue weighted by molar-refractivity contribution is 5.96. The third-order valence-corrected chi connectivity index (χ3v) is 2.64. The molecule has 4 heteroatoms. The van der Waals surface area contributed by atoms with Crippen molar-refractivity contribution in [2.24, 2.45) is 0 Å². The van der Waals surface area contributed by atoms with Gasteiger partial charge in [0.1, 0.15) is 5.75 Å². The standard InChI is InChI=1S/C15H24N2O2/c1-4-8-19-14-9-13(10-16-11-14)15(18)6-5-7-17-12(2)3/h9-12,17H,4-8H2,1-3H3. The minimum Gasteiger partial charge on any atom is -0.492 e. The fourth-order valence-electron chi connectivity index (χ4n) is 1.65. The Morgan fingerprint density at radius 2 is 2.21 bits per heavy atom. The monoisotopic (exact) mass is 264 g/mol. The van der Waals surface area contributed by atoms with E-state index in [2.05, 4.69) is 24.1 Å². The molecule has 0 amide bonds. The molecule has 0 spiro atoms. The normalized spacial score (nSPS) is 10.7. The molecule has 0 saturated heterocycles. The third-order valence-electron chi connectivity index (χ3n) is 2.64. The second kappa shape index (κ2) is 8.64. The molecular weight excluding hydrogens is 240 g/mol. The quantitative estimate of drug-likeness (QED) is 0.550. The molecule has 1 N–H and O–H groups in total. The Morgan fingerprint density at radius 1 is 1.42 bits per heavy atom. The van der Waals surface area contributed by atoms with Crippen molar-refractivity contribution in [1.29, 1.82) is 0 Å². The first-order valence-corrected chi connectivity index (χ1v) is 6.98. The molecule has 0 saturated carbocycles. The maximum Gasteiger partial charge on any atom is 0.164 e.